The van der Waals surface area contributed by atoms with Gasteiger partial charge in [0.25, 0.3) is 5.91 Å². The van der Waals surface area contributed by atoms with Crippen LogP contribution in [0.2, 0.25) is 20.1 Å². The molecular weight excluding hydrogens is 576 g/mol. The number of benzene rings is 2. The van der Waals surface area contributed by atoms with Gasteiger partial charge in [-0.3, -0.25) is 14.6 Å². The molecule has 3 aromatic rings. The smallest absolute Gasteiger partial charge is 0.253 e. The molecule has 1 amide bonds. The van der Waals surface area contributed by atoms with Gasteiger partial charge in [0.15, 0.2) is 0 Å². The number of rotatable bonds is 7. The largest absolute Gasteiger partial charge is 0.353 e. The molecule has 6 nitrogen and oxygen atoms in total. The molecule has 0 spiro atoms. The lowest BCUT2D eigenvalue weighted by atomic mass is 10.0. The van der Waals surface area contributed by atoms with Crippen LogP contribution in [0.5, 0.6) is 0 Å². The Balaban J connectivity index is 1.09. The van der Waals surface area contributed by atoms with Crippen molar-refractivity contribution in [3.63, 3.8) is 0 Å². The van der Waals surface area contributed by atoms with E-state index in [1.54, 1.807) is 30.5 Å². The number of likely N-dealkylation sites (tertiary alicyclic amines) is 1. The van der Waals surface area contributed by atoms with Crippen molar-refractivity contribution >= 4 is 58.1 Å². The van der Waals surface area contributed by atoms with Crippen molar-refractivity contribution in [2.24, 2.45) is 0 Å². The number of halogens is 4. The molecular formula is C29H31Cl4N5O. The SMILES string of the molecule is O=C(NCc1ccc(Cl)cc1Cl)c1cnc(N2CCN(C3CCN(Cc4ccc(Cl)cc4)CC3)CC2)c(Cl)c1. The van der Waals surface area contributed by atoms with E-state index in [4.69, 9.17) is 46.4 Å². The van der Waals surface area contributed by atoms with E-state index in [0.29, 0.717) is 26.7 Å². The number of aromatic nitrogens is 1. The monoisotopic (exact) mass is 605 g/mol. The fraction of sp³-hybridized carbons (Fsp3) is 0.379. The van der Waals surface area contributed by atoms with Crippen molar-refractivity contribution in [1.29, 1.82) is 0 Å². The van der Waals surface area contributed by atoms with Crippen LogP contribution in [-0.4, -0.2) is 66.0 Å². The average Bonchev–Trinajstić information content (AvgIpc) is 2.94. The summed E-state index contributed by atoms with van der Waals surface area (Å²) in [6, 6.07) is 15.6. The first-order valence-corrected chi connectivity index (χ1v) is 14.7. The number of pyridine rings is 1. The molecule has 10 heteroatoms. The Morgan fingerprint density at radius 2 is 1.54 bits per heavy atom. The van der Waals surface area contributed by atoms with E-state index in [-0.39, 0.29) is 12.5 Å². The second kappa shape index (κ2) is 13.1. The molecule has 3 heterocycles. The summed E-state index contributed by atoms with van der Waals surface area (Å²) in [6.45, 7) is 7.15. The fourth-order valence-electron chi connectivity index (χ4n) is 5.32. The molecule has 0 atom stereocenters. The highest BCUT2D eigenvalue weighted by Crippen LogP contribution is 2.27. The summed E-state index contributed by atoms with van der Waals surface area (Å²) in [7, 11) is 0. The van der Waals surface area contributed by atoms with E-state index in [9.17, 15) is 4.79 Å². The van der Waals surface area contributed by atoms with Gasteiger partial charge in [0, 0.05) is 66.6 Å². The summed E-state index contributed by atoms with van der Waals surface area (Å²) in [6.07, 6.45) is 3.94. The molecule has 2 aliphatic rings. The Hall–Kier alpha value is -2.06. The highest BCUT2D eigenvalue weighted by molar-refractivity contribution is 6.35. The molecule has 2 saturated heterocycles. The average molecular weight is 607 g/mol. The first-order chi connectivity index (χ1) is 18.9. The number of carbonyl (C=O) groups excluding carboxylic acids is 1. The summed E-state index contributed by atoms with van der Waals surface area (Å²) < 4.78 is 0. The zero-order chi connectivity index (χ0) is 27.4. The van der Waals surface area contributed by atoms with E-state index in [0.717, 1.165) is 62.2 Å². The third-order valence-electron chi connectivity index (χ3n) is 7.55. The molecule has 0 radical (unpaired) electrons. The van der Waals surface area contributed by atoms with Crippen LogP contribution in [0.3, 0.4) is 0 Å². The van der Waals surface area contributed by atoms with Crippen molar-refractivity contribution in [2.75, 3.05) is 44.2 Å². The Bertz CT molecular complexity index is 1290. The van der Waals surface area contributed by atoms with E-state index >= 15 is 0 Å². The standard InChI is InChI=1S/C29H31Cl4N5O/c30-23-4-1-20(2-5-23)19-36-9-7-25(8-10-36)37-11-13-38(14-12-37)28-27(33)15-22(18-34-28)29(39)35-17-21-3-6-24(31)16-26(21)32/h1-6,15-16,18,25H,7-14,17,19H2,(H,35,39). The van der Waals surface area contributed by atoms with Gasteiger partial charge in [-0.05, 0) is 67.4 Å². The van der Waals surface area contributed by atoms with Gasteiger partial charge >= 0.3 is 0 Å². The maximum atomic E-state index is 12.7. The molecule has 5 rings (SSSR count). The third-order valence-corrected chi connectivity index (χ3v) is 8.66. The third kappa shape index (κ3) is 7.37. The molecule has 2 fully saturated rings. The first kappa shape index (κ1) is 28.5. The number of nitrogens with zero attached hydrogens (tertiary/aromatic N) is 4. The predicted molar refractivity (Wildman–Crippen MR) is 160 cm³/mol. The van der Waals surface area contributed by atoms with Gasteiger partial charge in [0.1, 0.15) is 5.82 Å². The Kier molecular flexibility index (Phi) is 9.54. The minimum Gasteiger partial charge on any atom is -0.353 e. The second-order valence-corrected chi connectivity index (χ2v) is 11.8. The van der Waals surface area contributed by atoms with Crippen LogP contribution in [0, 0.1) is 0 Å². The van der Waals surface area contributed by atoms with E-state index in [2.05, 4.69) is 37.1 Å². The van der Waals surface area contributed by atoms with Crippen LogP contribution in [0.4, 0.5) is 5.82 Å². The van der Waals surface area contributed by atoms with E-state index in [1.807, 2.05) is 12.1 Å². The van der Waals surface area contributed by atoms with Gasteiger partial charge in [-0.1, -0.05) is 64.6 Å². The van der Waals surface area contributed by atoms with E-state index in [1.165, 1.54) is 18.4 Å². The number of carbonyl (C=O) groups is 1. The van der Waals surface area contributed by atoms with E-state index < -0.39 is 0 Å². The van der Waals surface area contributed by atoms with Crippen LogP contribution < -0.4 is 10.2 Å². The molecule has 1 N–H and O–H groups in total. The number of piperazine rings is 1. The molecule has 2 aliphatic heterocycles. The zero-order valence-electron chi connectivity index (χ0n) is 21.6. The molecule has 0 aliphatic carbocycles. The maximum Gasteiger partial charge on any atom is 0.253 e. The van der Waals surface area contributed by atoms with Crippen LogP contribution in [0.15, 0.2) is 54.7 Å². The highest BCUT2D eigenvalue weighted by atomic mass is 35.5. The normalized spacial score (nSPS) is 17.4. The lowest BCUT2D eigenvalue weighted by Crippen LogP contribution is -2.53. The summed E-state index contributed by atoms with van der Waals surface area (Å²) in [4.78, 5) is 24.6. The van der Waals surface area contributed by atoms with Crippen molar-refractivity contribution < 1.29 is 4.79 Å². The lowest BCUT2D eigenvalue weighted by molar-refractivity contribution is 0.0950. The maximum absolute atomic E-state index is 12.7. The molecule has 2 aromatic carbocycles. The van der Waals surface area contributed by atoms with Gasteiger partial charge in [0.05, 0.1) is 10.6 Å². The van der Waals surface area contributed by atoms with Gasteiger partial charge in [-0.15, -0.1) is 0 Å². The second-order valence-electron chi connectivity index (χ2n) is 10.1. The van der Waals surface area contributed by atoms with Crippen molar-refractivity contribution in [3.8, 4) is 0 Å². The molecule has 206 valence electrons. The summed E-state index contributed by atoms with van der Waals surface area (Å²) in [5.74, 6) is 0.473. The van der Waals surface area contributed by atoms with Gasteiger partial charge < -0.3 is 10.2 Å². The van der Waals surface area contributed by atoms with Crippen LogP contribution in [0.1, 0.15) is 34.3 Å². The first-order valence-electron chi connectivity index (χ1n) is 13.2. The predicted octanol–water partition coefficient (Wildman–Crippen LogP) is 6.41. The Labute approximate surface area is 249 Å². The van der Waals surface area contributed by atoms with Crippen LogP contribution >= 0.6 is 46.4 Å². The van der Waals surface area contributed by atoms with Crippen molar-refractivity contribution in [2.45, 2.75) is 32.0 Å². The number of amides is 1. The van der Waals surface area contributed by atoms with Crippen LogP contribution in [0.25, 0.3) is 0 Å². The zero-order valence-corrected chi connectivity index (χ0v) is 24.6. The highest BCUT2D eigenvalue weighted by Gasteiger charge is 2.28. The lowest BCUT2D eigenvalue weighted by Gasteiger charge is -2.43. The van der Waals surface area contributed by atoms with Gasteiger partial charge in [-0.25, -0.2) is 4.98 Å². The number of anilines is 1. The number of hydrogen-bond donors (Lipinski definition) is 1. The number of nitrogens with one attached hydrogen (secondary N) is 1. The minimum absolute atomic E-state index is 0.255. The molecule has 0 bridgehead atoms. The number of hydrogen-bond acceptors (Lipinski definition) is 5. The Morgan fingerprint density at radius 3 is 2.21 bits per heavy atom. The van der Waals surface area contributed by atoms with Crippen molar-refractivity contribution in [1.82, 2.24) is 20.1 Å². The quantitative estimate of drug-likeness (QED) is 0.337. The topological polar surface area (TPSA) is 51.7 Å². The summed E-state index contributed by atoms with van der Waals surface area (Å²) >= 11 is 24.8. The summed E-state index contributed by atoms with van der Waals surface area (Å²) in [5, 5.41) is 5.20. The Morgan fingerprint density at radius 1 is 0.846 bits per heavy atom. The molecule has 0 unspecified atom stereocenters. The van der Waals surface area contributed by atoms with Crippen LogP contribution in [-0.2, 0) is 13.1 Å². The van der Waals surface area contributed by atoms with Crippen molar-refractivity contribution in [3.05, 3.63) is 91.5 Å². The van der Waals surface area contributed by atoms with Gasteiger partial charge in [-0.2, -0.15) is 0 Å². The molecule has 1 aromatic heterocycles. The minimum atomic E-state index is -0.255. The fourth-order valence-corrected chi connectivity index (χ4v) is 6.21. The van der Waals surface area contributed by atoms with Gasteiger partial charge in [0.2, 0.25) is 0 Å². The summed E-state index contributed by atoms with van der Waals surface area (Å²) in [5.41, 5.74) is 2.51. The molecule has 39 heavy (non-hydrogen) atoms. The number of piperidine rings is 1. The molecule has 0 saturated carbocycles.